The second kappa shape index (κ2) is 6.07. The normalized spacial score (nSPS) is 18.4. The summed E-state index contributed by atoms with van der Waals surface area (Å²) in [6.07, 6.45) is 0. The van der Waals surface area contributed by atoms with Gasteiger partial charge < -0.3 is 10.0 Å². The molecule has 1 aromatic rings. The van der Waals surface area contributed by atoms with Gasteiger partial charge in [0.2, 0.25) is 10.0 Å². The van der Waals surface area contributed by atoms with Gasteiger partial charge in [0.25, 0.3) is 0 Å². The van der Waals surface area contributed by atoms with E-state index >= 15 is 0 Å². The van der Waals surface area contributed by atoms with Gasteiger partial charge in [0.15, 0.2) is 0 Å². The SMILES string of the molecule is CN1CCN(S(=O)(=O)c2cc(Br)cc(CO)c2F)CC1. The summed E-state index contributed by atoms with van der Waals surface area (Å²) in [6.45, 7) is 1.35. The highest BCUT2D eigenvalue weighted by molar-refractivity contribution is 9.10. The van der Waals surface area contributed by atoms with Gasteiger partial charge in [-0.1, -0.05) is 15.9 Å². The van der Waals surface area contributed by atoms with Gasteiger partial charge >= 0.3 is 0 Å². The fourth-order valence-corrected chi connectivity index (χ4v) is 4.30. The molecule has 0 aliphatic carbocycles. The molecule has 2 rings (SSSR count). The highest BCUT2D eigenvalue weighted by Gasteiger charge is 2.31. The number of piperazine rings is 1. The van der Waals surface area contributed by atoms with E-state index in [9.17, 15) is 12.8 Å². The standard InChI is InChI=1S/C12H16BrFN2O3S/c1-15-2-4-16(5-3-15)20(18,19)11-7-10(13)6-9(8-17)12(11)14/h6-7,17H,2-5,8H2,1H3. The molecule has 0 unspecified atom stereocenters. The van der Waals surface area contributed by atoms with Crippen molar-refractivity contribution in [2.24, 2.45) is 0 Å². The third-order valence-electron chi connectivity index (χ3n) is 3.33. The molecule has 1 aliphatic heterocycles. The molecule has 0 spiro atoms. The van der Waals surface area contributed by atoms with E-state index < -0.39 is 22.4 Å². The second-order valence-electron chi connectivity index (χ2n) is 4.74. The van der Waals surface area contributed by atoms with Crippen LogP contribution in [0, 0.1) is 5.82 Å². The zero-order chi connectivity index (χ0) is 14.9. The zero-order valence-corrected chi connectivity index (χ0v) is 13.4. The fourth-order valence-electron chi connectivity index (χ4n) is 2.09. The van der Waals surface area contributed by atoms with Gasteiger partial charge in [0.1, 0.15) is 10.7 Å². The van der Waals surface area contributed by atoms with Crippen LogP contribution < -0.4 is 0 Å². The molecule has 0 bridgehead atoms. The van der Waals surface area contributed by atoms with E-state index in [1.807, 2.05) is 11.9 Å². The predicted molar refractivity (Wildman–Crippen MR) is 76.3 cm³/mol. The maximum atomic E-state index is 14.2. The predicted octanol–water partition coefficient (Wildman–Crippen LogP) is 1.02. The fraction of sp³-hybridized carbons (Fsp3) is 0.500. The molecule has 0 aromatic heterocycles. The summed E-state index contributed by atoms with van der Waals surface area (Å²) >= 11 is 3.15. The number of hydrogen-bond donors (Lipinski definition) is 1. The van der Waals surface area contributed by atoms with Gasteiger partial charge in [-0.25, -0.2) is 12.8 Å². The van der Waals surface area contributed by atoms with Gasteiger partial charge in [-0.2, -0.15) is 4.31 Å². The summed E-state index contributed by atoms with van der Waals surface area (Å²) < 4.78 is 40.9. The number of aliphatic hydroxyl groups is 1. The Hall–Kier alpha value is -0.540. The van der Waals surface area contributed by atoms with Gasteiger partial charge in [-0.05, 0) is 19.2 Å². The average molecular weight is 367 g/mol. The van der Waals surface area contributed by atoms with E-state index in [4.69, 9.17) is 5.11 Å². The summed E-state index contributed by atoms with van der Waals surface area (Å²) in [4.78, 5) is 1.63. The number of benzene rings is 1. The van der Waals surface area contributed by atoms with E-state index in [1.54, 1.807) is 0 Å². The smallest absolute Gasteiger partial charge is 0.246 e. The molecular formula is C12H16BrFN2O3S. The second-order valence-corrected chi connectivity index (χ2v) is 7.56. The van der Waals surface area contributed by atoms with Crippen molar-refractivity contribution in [1.29, 1.82) is 0 Å². The Morgan fingerprint density at radius 3 is 2.45 bits per heavy atom. The molecular weight excluding hydrogens is 351 g/mol. The number of sulfonamides is 1. The lowest BCUT2D eigenvalue weighted by atomic mass is 10.2. The third kappa shape index (κ3) is 3.04. The zero-order valence-electron chi connectivity index (χ0n) is 11.0. The quantitative estimate of drug-likeness (QED) is 0.867. The summed E-state index contributed by atoms with van der Waals surface area (Å²) in [5.74, 6) is -0.880. The van der Waals surface area contributed by atoms with Crippen molar-refractivity contribution >= 4 is 26.0 Å². The lowest BCUT2D eigenvalue weighted by molar-refractivity contribution is 0.222. The molecule has 1 N–H and O–H groups in total. The third-order valence-corrected chi connectivity index (χ3v) is 5.69. The van der Waals surface area contributed by atoms with Gasteiger partial charge in [0, 0.05) is 36.2 Å². The molecule has 1 fully saturated rings. The molecule has 5 nitrogen and oxygen atoms in total. The maximum Gasteiger partial charge on any atom is 0.246 e. The summed E-state index contributed by atoms with van der Waals surface area (Å²) in [5.41, 5.74) is -0.0351. The highest BCUT2D eigenvalue weighted by atomic mass is 79.9. The first-order valence-corrected chi connectivity index (χ1v) is 8.37. The molecule has 8 heteroatoms. The van der Waals surface area contributed by atoms with E-state index in [0.717, 1.165) is 0 Å². The van der Waals surface area contributed by atoms with Crippen molar-refractivity contribution in [3.8, 4) is 0 Å². The largest absolute Gasteiger partial charge is 0.392 e. The van der Waals surface area contributed by atoms with Crippen LogP contribution in [0.4, 0.5) is 4.39 Å². The van der Waals surface area contributed by atoms with Crippen molar-refractivity contribution in [1.82, 2.24) is 9.21 Å². The van der Waals surface area contributed by atoms with Crippen LogP contribution in [-0.2, 0) is 16.6 Å². The van der Waals surface area contributed by atoms with Crippen molar-refractivity contribution in [2.75, 3.05) is 33.2 Å². The molecule has 0 atom stereocenters. The molecule has 1 aromatic carbocycles. The van der Waals surface area contributed by atoms with Crippen molar-refractivity contribution in [3.63, 3.8) is 0 Å². The summed E-state index contributed by atoms with van der Waals surface area (Å²) in [7, 11) is -1.97. The number of hydrogen-bond acceptors (Lipinski definition) is 4. The van der Waals surface area contributed by atoms with Crippen LogP contribution in [0.3, 0.4) is 0 Å². The summed E-state index contributed by atoms with van der Waals surface area (Å²) in [5, 5.41) is 9.10. The van der Waals surface area contributed by atoms with Gasteiger partial charge in [0.05, 0.1) is 6.61 Å². The van der Waals surface area contributed by atoms with Crippen molar-refractivity contribution < 1.29 is 17.9 Å². The van der Waals surface area contributed by atoms with E-state index in [2.05, 4.69) is 15.9 Å². The molecule has 0 radical (unpaired) electrons. The van der Waals surface area contributed by atoms with Crippen LogP contribution in [0.25, 0.3) is 0 Å². The van der Waals surface area contributed by atoms with Gasteiger partial charge in [-0.3, -0.25) is 0 Å². The Morgan fingerprint density at radius 2 is 1.90 bits per heavy atom. The Kier molecular flexibility index (Phi) is 4.80. The molecule has 0 amide bonds. The van der Waals surface area contributed by atoms with Crippen LogP contribution in [0.5, 0.6) is 0 Å². The Balaban J connectivity index is 2.42. The molecule has 0 saturated carbocycles. The van der Waals surface area contributed by atoms with Crippen LogP contribution in [0.15, 0.2) is 21.5 Å². The number of rotatable bonds is 3. The molecule has 1 aliphatic rings. The first-order valence-electron chi connectivity index (χ1n) is 6.13. The van der Waals surface area contributed by atoms with Crippen LogP contribution in [-0.4, -0.2) is 56.0 Å². The topological polar surface area (TPSA) is 60.9 Å². The number of halogens is 2. The minimum absolute atomic E-state index is 0.0351. The van der Waals surface area contributed by atoms with Gasteiger partial charge in [-0.15, -0.1) is 0 Å². The van der Waals surface area contributed by atoms with Crippen LogP contribution >= 0.6 is 15.9 Å². The number of nitrogens with zero attached hydrogens (tertiary/aromatic N) is 2. The monoisotopic (exact) mass is 366 g/mol. The highest BCUT2D eigenvalue weighted by Crippen LogP contribution is 2.27. The molecule has 20 heavy (non-hydrogen) atoms. The first kappa shape index (κ1) is 15.8. The Morgan fingerprint density at radius 1 is 1.30 bits per heavy atom. The maximum absolute atomic E-state index is 14.2. The van der Waals surface area contributed by atoms with Crippen LogP contribution in [0.1, 0.15) is 5.56 Å². The lowest BCUT2D eigenvalue weighted by Crippen LogP contribution is -2.47. The summed E-state index contributed by atoms with van der Waals surface area (Å²) in [6, 6.07) is 2.61. The number of likely N-dealkylation sites (N-methyl/N-ethyl adjacent to an activating group) is 1. The number of aliphatic hydroxyl groups excluding tert-OH is 1. The van der Waals surface area contributed by atoms with Crippen molar-refractivity contribution in [3.05, 3.63) is 28.0 Å². The lowest BCUT2D eigenvalue weighted by Gasteiger charge is -2.31. The Bertz CT molecular complexity index is 601. The minimum atomic E-state index is -3.88. The van der Waals surface area contributed by atoms with Crippen molar-refractivity contribution in [2.45, 2.75) is 11.5 Å². The van der Waals surface area contributed by atoms with E-state index in [1.165, 1.54) is 16.4 Å². The molecule has 112 valence electrons. The average Bonchev–Trinajstić information content (AvgIpc) is 2.41. The Labute approximate surface area is 126 Å². The first-order chi connectivity index (χ1) is 9.36. The minimum Gasteiger partial charge on any atom is -0.392 e. The van der Waals surface area contributed by atoms with E-state index in [-0.39, 0.29) is 10.5 Å². The molecule has 1 heterocycles. The van der Waals surface area contributed by atoms with E-state index in [0.29, 0.717) is 30.7 Å². The van der Waals surface area contributed by atoms with Crippen LogP contribution in [0.2, 0.25) is 0 Å². The molecule has 1 saturated heterocycles.